The minimum Gasteiger partial charge on any atom is -0.474 e. The molecule has 0 radical (unpaired) electrons. The molecule has 6 rings (SSSR count). The molecule has 0 spiro atoms. The predicted octanol–water partition coefficient (Wildman–Crippen LogP) is 5.95. The SMILES string of the molecule is CCC(=CC1=[N+](CCC(C)S(=O)(=O)O)C2C(CCC3CCCCC32)O1)C=C1OC2CC3CCCCC3CC2N1CCCCS(=O)(=O)O. The Bertz CT molecular complexity index is 1440. The maximum Gasteiger partial charge on any atom is 0.363 e. The van der Waals surface area contributed by atoms with Crippen LogP contribution >= 0.6 is 0 Å². The van der Waals surface area contributed by atoms with Crippen LogP contribution in [0.4, 0.5) is 0 Å². The molecule has 6 aliphatic rings. The van der Waals surface area contributed by atoms with E-state index in [4.69, 9.17) is 9.47 Å². The molecule has 0 amide bonds. The number of ether oxygens (including phenoxy) is 2. The van der Waals surface area contributed by atoms with E-state index in [9.17, 15) is 25.9 Å². The van der Waals surface area contributed by atoms with E-state index in [0.717, 1.165) is 43.0 Å². The van der Waals surface area contributed by atoms with E-state index in [-0.39, 0.29) is 30.0 Å². The molecule has 0 aromatic carbocycles. The Balaban J connectivity index is 1.29. The quantitative estimate of drug-likeness (QED) is 0.144. The van der Waals surface area contributed by atoms with Crippen molar-refractivity contribution in [2.24, 2.45) is 23.7 Å². The van der Waals surface area contributed by atoms with Gasteiger partial charge in [-0.3, -0.25) is 9.11 Å². The number of fused-ring (bicyclic) bond motifs is 5. The first-order chi connectivity index (χ1) is 22.4. The van der Waals surface area contributed by atoms with Gasteiger partial charge in [-0.15, -0.1) is 0 Å². The number of hydrogen-bond donors (Lipinski definition) is 2. The summed E-state index contributed by atoms with van der Waals surface area (Å²) in [7, 11) is -8.11. The van der Waals surface area contributed by atoms with E-state index in [1.54, 1.807) is 6.92 Å². The topological polar surface area (TPSA) is 133 Å². The Morgan fingerprint density at radius 2 is 1.62 bits per heavy atom. The van der Waals surface area contributed by atoms with E-state index in [0.29, 0.717) is 56.0 Å². The highest BCUT2D eigenvalue weighted by Gasteiger charge is 2.53. The zero-order chi connectivity index (χ0) is 33.3. The maximum absolute atomic E-state index is 11.9. The lowest BCUT2D eigenvalue weighted by molar-refractivity contribution is -0.573. The van der Waals surface area contributed by atoms with E-state index in [2.05, 4.69) is 28.6 Å². The molecule has 10 nitrogen and oxygen atoms in total. The molecule has 4 aliphatic carbocycles. The first-order valence-electron chi connectivity index (χ1n) is 18.5. The molecule has 9 unspecified atom stereocenters. The highest BCUT2D eigenvalue weighted by Crippen LogP contribution is 2.47. The second kappa shape index (κ2) is 14.7. The van der Waals surface area contributed by atoms with Gasteiger partial charge >= 0.3 is 5.90 Å². The molecule has 266 valence electrons. The third-order valence-electron chi connectivity index (χ3n) is 12.4. The lowest BCUT2D eigenvalue weighted by Gasteiger charge is -2.42. The molecule has 12 heteroatoms. The summed E-state index contributed by atoms with van der Waals surface area (Å²) in [5.74, 6) is 4.03. The first-order valence-corrected chi connectivity index (χ1v) is 21.6. The van der Waals surface area contributed by atoms with Gasteiger partial charge in [0.25, 0.3) is 20.2 Å². The molecule has 1 saturated heterocycles. The highest BCUT2D eigenvalue weighted by atomic mass is 32.2. The smallest absolute Gasteiger partial charge is 0.363 e. The fraction of sp³-hybridized carbons (Fsp3) is 0.857. The Kier molecular flexibility index (Phi) is 11.0. The number of nitrogens with zero attached hydrogens (tertiary/aromatic N) is 2. The molecular weight excluding hydrogens is 641 g/mol. The summed E-state index contributed by atoms with van der Waals surface area (Å²) in [5.41, 5.74) is 1.07. The molecule has 5 fully saturated rings. The van der Waals surface area contributed by atoms with Gasteiger partial charge in [0.15, 0.2) is 18.0 Å². The summed E-state index contributed by atoms with van der Waals surface area (Å²) in [5, 5.41) is -0.849. The van der Waals surface area contributed by atoms with Gasteiger partial charge in [0.2, 0.25) is 0 Å². The summed E-state index contributed by atoms with van der Waals surface area (Å²) in [6.45, 7) is 4.88. The van der Waals surface area contributed by atoms with Gasteiger partial charge in [0, 0.05) is 25.0 Å². The second-order valence-electron chi connectivity index (χ2n) is 15.3. The average Bonchev–Trinajstić information content (AvgIpc) is 3.55. The van der Waals surface area contributed by atoms with Crippen LogP contribution in [0.15, 0.2) is 23.6 Å². The third-order valence-corrected chi connectivity index (χ3v) is 14.5. The largest absolute Gasteiger partial charge is 0.474 e. The predicted molar refractivity (Wildman–Crippen MR) is 181 cm³/mol. The van der Waals surface area contributed by atoms with Crippen molar-refractivity contribution in [2.45, 2.75) is 146 Å². The van der Waals surface area contributed by atoms with E-state index >= 15 is 0 Å². The standard InChI is InChI=1S/C35H56N2O8S2/c1-3-25(20-33-36(17-8-9-19-46(38,39)40)30-22-27-11-4-5-12-28(27)23-32(30)45-33)21-34-37(18-16-24(2)47(41,42)43)35-29-13-7-6-10-26(29)14-15-31(35)44-34/h20-21,24,26-32,35H,3-19,22-23H2,1-2H3,(H-,38,39,40,41,42,43)/p+1. The molecule has 2 aliphatic heterocycles. The molecule has 9 atom stereocenters. The fourth-order valence-corrected chi connectivity index (χ4v) is 10.8. The van der Waals surface area contributed by atoms with Crippen LogP contribution in [0.3, 0.4) is 0 Å². The lowest BCUT2D eigenvalue weighted by atomic mass is 9.67. The fourth-order valence-electron chi connectivity index (χ4n) is 9.83. The molecule has 0 aromatic rings. The van der Waals surface area contributed by atoms with Crippen molar-refractivity contribution in [3.8, 4) is 0 Å². The van der Waals surface area contributed by atoms with Crippen LogP contribution in [0.25, 0.3) is 0 Å². The van der Waals surface area contributed by atoms with Crippen LogP contribution in [-0.2, 0) is 29.7 Å². The van der Waals surface area contributed by atoms with Gasteiger partial charge in [-0.05, 0) is 88.0 Å². The van der Waals surface area contributed by atoms with Crippen molar-refractivity contribution in [3.05, 3.63) is 23.6 Å². The van der Waals surface area contributed by atoms with Crippen LogP contribution in [0.2, 0.25) is 0 Å². The first kappa shape index (κ1) is 35.2. The van der Waals surface area contributed by atoms with Crippen LogP contribution in [0.1, 0.15) is 117 Å². The molecule has 0 aromatic heterocycles. The number of hydrogen-bond acceptors (Lipinski definition) is 7. The monoisotopic (exact) mass is 697 g/mol. The zero-order valence-corrected chi connectivity index (χ0v) is 30.0. The summed E-state index contributed by atoms with van der Waals surface area (Å²) >= 11 is 0. The summed E-state index contributed by atoms with van der Waals surface area (Å²) in [4.78, 5) is 2.36. The van der Waals surface area contributed by atoms with Gasteiger partial charge in [-0.25, -0.2) is 0 Å². The Morgan fingerprint density at radius 3 is 2.32 bits per heavy atom. The number of rotatable bonds is 12. The van der Waals surface area contributed by atoms with E-state index in [1.807, 2.05) is 0 Å². The minimum atomic E-state index is -4.12. The van der Waals surface area contributed by atoms with Gasteiger partial charge in [0.05, 0.1) is 23.1 Å². The summed E-state index contributed by atoms with van der Waals surface area (Å²) in [6.07, 6.45) is 21.0. The van der Waals surface area contributed by atoms with E-state index < -0.39 is 25.5 Å². The normalized spacial score (nSPS) is 35.9. The van der Waals surface area contributed by atoms with Crippen molar-refractivity contribution in [1.82, 2.24) is 4.90 Å². The molecule has 2 heterocycles. The lowest BCUT2D eigenvalue weighted by Crippen LogP contribution is -2.47. The van der Waals surface area contributed by atoms with Gasteiger partial charge in [0.1, 0.15) is 12.6 Å². The minimum absolute atomic E-state index is 0.0839. The molecule has 4 saturated carbocycles. The Labute approximate surface area is 282 Å². The second-order valence-corrected chi connectivity index (χ2v) is 18.7. The van der Waals surface area contributed by atoms with Crippen LogP contribution in [-0.4, -0.2) is 89.7 Å². The van der Waals surface area contributed by atoms with Crippen LogP contribution in [0.5, 0.6) is 0 Å². The molecule has 47 heavy (non-hydrogen) atoms. The van der Waals surface area contributed by atoms with E-state index in [1.165, 1.54) is 57.8 Å². The zero-order valence-electron chi connectivity index (χ0n) is 28.3. The Morgan fingerprint density at radius 1 is 0.915 bits per heavy atom. The molecular formula is C35H57N2O8S2+. The molecule has 0 bridgehead atoms. The summed E-state index contributed by atoms with van der Waals surface area (Å²) < 4.78 is 81.5. The van der Waals surface area contributed by atoms with Gasteiger partial charge in [-0.1, -0.05) is 45.4 Å². The summed E-state index contributed by atoms with van der Waals surface area (Å²) in [6, 6.07) is 0.484. The average molecular weight is 698 g/mol. The van der Waals surface area contributed by atoms with Crippen LogP contribution in [0, 0.1) is 23.7 Å². The van der Waals surface area contributed by atoms with Crippen molar-refractivity contribution in [1.29, 1.82) is 0 Å². The van der Waals surface area contributed by atoms with Crippen molar-refractivity contribution in [3.63, 3.8) is 0 Å². The molecule has 2 N–H and O–H groups in total. The third kappa shape index (κ3) is 8.23. The highest BCUT2D eigenvalue weighted by molar-refractivity contribution is 7.86. The van der Waals surface area contributed by atoms with Crippen molar-refractivity contribution in [2.75, 3.05) is 18.8 Å². The van der Waals surface area contributed by atoms with Crippen molar-refractivity contribution < 1.29 is 40.0 Å². The van der Waals surface area contributed by atoms with Crippen LogP contribution < -0.4 is 0 Å². The Hall–Kier alpha value is -1.63. The van der Waals surface area contributed by atoms with Crippen molar-refractivity contribution >= 4 is 26.1 Å². The van der Waals surface area contributed by atoms with Gasteiger partial charge in [-0.2, -0.15) is 21.4 Å². The number of unbranched alkanes of at least 4 members (excludes halogenated alkanes) is 1. The number of allylic oxidation sites excluding steroid dienone is 2. The van der Waals surface area contributed by atoms with Gasteiger partial charge < -0.3 is 14.4 Å². The maximum atomic E-state index is 11.9.